The quantitative estimate of drug-likeness (QED) is 0.478. The molecule has 0 saturated heterocycles. The van der Waals surface area contributed by atoms with E-state index in [1.54, 1.807) is 27.7 Å². The molecule has 2 atom stereocenters. The number of halogens is 1. The average molecular weight is 355 g/mol. The predicted molar refractivity (Wildman–Crippen MR) is 71.2 cm³/mol. The molecule has 0 aromatic heterocycles. The number of carbonyl (C=O) groups excluding carboxylic acids is 2. The Labute approximate surface area is 115 Å². The van der Waals surface area contributed by atoms with E-state index in [0.29, 0.717) is 13.0 Å². The van der Waals surface area contributed by atoms with Crippen LogP contribution in [0.4, 0.5) is 4.79 Å². The van der Waals surface area contributed by atoms with Crippen LogP contribution in [-0.2, 0) is 14.3 Å². The van der Waals surface area contributed by atoms with Gasteiger partial charge in [0.25, 0.3) is 0 Å². The zero-order valence-corrected chi connectivity index (χ0v) is 12.7. The summed E-state index contributed by atoms with van der Waals surface area (Å²) < 4.78 is 10.1. The first kappa shape index (κ1) is 14.5. The summed E-state index contributed by atoms with van der Waals surface area (Å²) in [6.45, 7) is 7.37. The molecule has 1 aliphatic rings. The van der Waals surface area contributed by atoms with Crippen LogP contribution in [0.1, 0.15) is 34.1 Å². The molecule has 0 radical (unpaired) electrons. The SMILES string of the molecule is CCOC(=O)[C@@]1(NC(=O)OC(C)(C)C)C[C@H]1I. The monoisotopic (exact) mass is 355 g/mol. The van der Waals surface area contributed by atoms with Crippen molar-refractivity contribution in [2.75, 3.05) is 6.61 Å². The summed E-state index contributed by atoms with van der Waals surface area (Å²) in [5, 5.41) is 2.62. The van der Waals surface area contributed by atoms with Crippen molar-refractivity contribution in [2.45, 2.75) is 49.2 Å². The lowest BCUT2D eigenvalue weighted by Crippen LogP contribution is -2.48. The first-order chi connectivity index (χ1) is 7.71. The van der Waals surface area contributed by atoms with Crippen LogP contribution in [-0.4, -0.2) is 33.7 Å². The molecule has 1 rings (SSSR count). The number of alkyl halides is 1. The van der Waals surface area contributed by atoms with Gasteiger partial charge in [-0.05, 0) is 34.1 Å². The minimum Gasteiger partial charge on any atom is -0.464 e. The molecule has 1 aliphatic carbocycles. The Balaban J connectivity index is 2.59. The van der Waals surface area contributed by atoms with Gasteiger partial charge in [0.15, 0.2) is 5.54 Å². The molecule has 98 valence electrons. The van der Waals surface area contributed by atoms with Crippen LogP contribution >= 0.6 is 22.6 Å². The second-order valence-corrected chi connectivity index (χ2v) is 6.49. The van der Waals surface area contributed by atoms with E-state index in [-0.39, 0.29) is 9.89 Å². The number of rotatable bonds is 3. The summed E-state index contributed by atoms with van der Waals surface area (Å²) in [5.74, 6) is -0.384. The van der Waals surface area contributed by atoms with Crippen molar-refractivity contribution in [3.63, 3.8) is 0 Å². The molecule has 6 heteroatoms. The Kier molecular flexibility index (Phi) is 4.27. The highest BCUT2D eigenvalue weighted by Gasteiger charge is 2.62. The third kappa shape index (κ3) is 3.72. The lowest BCUT2D eigenvalue weighted by Gasteiger charge is -2.22. The molecule has 17 heavy (non-hydrogen) atoms. The Hall–Kier alpha value is -0.530. The van der Waals surface area contributed by atoms with Crippen molar-refractivity contribution in [1.29, 1.82) is 0 Å². The lowest BCUT2D eigenvalue weighted by molar-refractivity contribution is -0.146. The van der Waals surface area contributed by atoms with Crippen LogP contribution in [0.25, 0.3) is 0 Å². The molecule has 0 aromatic rings. The number of hydrogen-bond acceptors (Lipinski definition) is 4. The van der Waals surface area contributed by atoms with Crippen LogP contribution in [0.5, 0.6) is 0 Å². The van der Waals surface area contributed by atoms with E-state index in [0.717, 1.165) is 0 Å². The zero-order valence-electron chi connectivity index (χ0n) is 10.5. The molecule has 0 bridgehead atoms. The summed E-state index contributed by atoms with van der Waals surface area (Å²) >= 11 is 2.12. The molecule has 0 aromatic carbocycles. The highest BCUT2D eigenvalue weighted by atomic mass is 127. The Morgan fingerprint density at radius 3 is 2.35 bits per heavy atom. The van der Waals surface area contributed by atoms with Gasteiger partial charge < -0.3 is 14.8 Å². The van der Waals surface area contributed by atoms with E-state index >= 15 is 0 Å². The molecular weight excluding hydrogens is 337 g/mol. The minimum absolute atomic E-state index is 0.0617. The van der Waals surface area contributed by atoms with E-state index in [9.17, 15) is 9.59 Å². The van der Waals surface area contributed by atoms with Crippen LogP contribution in [0.15, 0.2) is 0 Å². The third-order valence-electron chi connectivity index (χ3n) is 2.24. The van der Waals surface area contributed by atoms with Crippen molar-refractivity contribution >= 4 is 34.7 Å². The van der Waals surface area contributed by atoms with Gasteiger partial charge in [-0.15, -0.1) is 0 Å². The summed E-state index contributed by atoms with van der Waals surface area (Å²) in [7, 11) is 0. The number of carbonyl (C=O) groups is 2. The number of nitrogens with one attached hydrogen (secondary N) is 1. The number of alkyl carbamates (subject to hydrolysis) is 1. The smallest absolute Gasteiger partial charge is 0.408 e. The molecular formula is C11H18INO4. The normalized spacial score (nSPS) is 27.2. The van der Waals surface area contributed by atoms with E-state index in [1.807, 2.05) is 0 Å². The predicted octanol–water partition coefficient (Wildman–Crippen LogP) is 2.02. The minimum atomic E-state index is -0.890. The van der Waals surface area contributed by atoms with Gasteiger partial charge in [-0.3, -0.25) is 0 Å². The number of amides is 1. The molecule has 0 unspecified atom stereocenters. The molecule has 0 aliphatic heterocycles. The van der Waals surface area contributed by atoms with Crippen molar-refractivity contribution in [2.24, 2.45) is 0 Å². The number of ether oxygens (including phenoxy) is 2. The largest absolute Gasteiger partial charge is 0.464 e. The number of esters is 1. The first-order valence-corrected chi connectivity index (χ1v) is 6.78. The van der Waals surface area contributed by atoms with Gasteiger partial charge in [0.2, 0.25) is 0 Å². The van der Waals surface area contributed by atoms with Gasteiger partial charge in [0, 0.05) is 3.92 Å². The fraction of sp³-hybridized carbons (Fsp3) is 0.818. The van der Waals surface area contributed by atoms with Crippen molar-refractivity contribution in [3.8, 4) is 0 Å². The summed E-state index contributed by atoms with van der Waals surface area (Å²) in [4.78, 5) is 23.4. The van der Waals surface area contributed by atoms with Crippen LogP contribution in [0.3, 0.4) is 0 Å². The maximum Gasteiger partial charge on any atom is 0.408 e. The van der Waals surface area contributed by atoms with Gasteiger partial charge >= 0.3 is 12.1 Å². The van der Waals surface area contributed by atoms with Gasteiger partial charge in [0.1, 0.15) is 5.60 Å². The average Bonchev–Trinajstić information content (AvgIpc) is 2.74. The zero-order chi connectivity index (χ0) is 13.3. The fourth-order valence-electron chi connectivity index (χ4n) is 1.36. The summed E-state index contributed by atoms with van der Waals surface area (Å²) in [5.41, 5.74) is -1.46. The lowest BCUT2D eigenvalue weighted by atomic mass is 10.2. The second kappa shape index (κ2) is 4.99. The highest BCUT2D eigenvalue weighted by Crippen LogP contribution is 2.44. The maximum absolute atomic E-state index is 11.7. The van der Waals surface area contributed by atoms with E-state index in [1.165, 1.54) is 0 Å². The first-order valence-electron chi connectivity index (χ1n) is 5.54. The molecule has 1 N–H and O–H groups in total. The molecule has 0 spiro atoms. The van der Waals surface area contributed by atoms with Gasteiger partial charge in [0.05, 0.1) is 6.61 Å². The molecule has 0 heterocycles. The van der Waals surface area contributed by atoms with E-state index in [2.05, 4.69) is 27.9 Å². The summed E-state index contributed by atoms with van der Waals surface area (Å²) in [6.07, 6.45) is 0.00996. The van der Waals surface area contributed by atoms with Gasteiger partial charge in [-0.2, -0.15) is 0 Å². The maximum atomic E-state index is 11.7. The Morgan fingerprint density at radius 2 is 2.00 bits per heavy atom. The highest BCUT2D eigenvalue weighted by molar-refractivity contribution is 14.1. The van der Waals surface area contributed by atoms with E-state index in [4.69, 9.17) is 9.47 Å². The van der Waals surface area contributed by atoms with E-state index < -0.39 is 17.2 Å². The fourth-order valence-corrected chi connectivity index (χ4v) is 2.47. The topological polar surface area (TPSA) is 64.6 Å². The second-order valence-electron chi connectivity index (χ2n) is 4.99. The van der Waals surface area contributed by atoms with Crippen LogP contribution < -0.4 is 5.32 Å². The van der Waals surface area contributed by atoms with Gasteiger partial charge in [-0.1, -0.05) is 22.6 Å². The molecule has 1 fully saturated rings. The Morgan fingerprint density at radius 1 is 1.47 bits per heavy atom. The van der Waals surface area contributed by atoms with Crippen molar-refractivity contribution < 1.29 is 19.1 Å². The van der Waals surface area contributed by atoms with Crippen molar-refractivity contribution in [1.82, 2.24) is 5.32 Å². The number of hydrogen-bond donors (Lipinski definition) is 1. The molecule has 1 saturated carbocycles. The molecule has 1 amide bonds. The standard InChI is InChI=1S/C11H18INO4/c1-5-16-8(14)11(6-7(11)12)13-9(15)17-10(2,3)4/h7H,5-6H2,1-4H3,(H,13,15)/t7-,11-/m1/s1. The van der Waals surface area contributed by atoms with Crippen molar-refractivity contribution in [3.05, 3.63) is 0 Å². The van der Waals surface area contributed by atoms with Crippen LogP contribution in [0.2, 0.25) is 0 Å². The van der Waals surface area contributed by atoms with Gasteiger partial charge in [-0.25, -0.2) is 9.59 Å². The molecule has 5 nitrogen and oxygen atoms in total. The third-order valence-corrected chi connectivity index (χ3v) is 3.74. The van der Waals surface area contributed by atoms with Crippen LogP contribution in [0, 0.1) is 0 Å². The summed E-state index contributed by atoms with van der Waals surface area (Å²) in [6, 6.07) is 0. The Bertz CT molecular complexity index is 326.